The average Bonchev–Trinajstić information content (AvgIpc) is 2.87. The Morgan fingerprint density at radius 3 is 2.60 bits per heavy atom. The fourth-order valence-electron chi connectivity index (χ4n) is 2.16. The molecule has 4 nitrogen and oxygen atoms in total. The van der Waals surface area contributed by atoms with Gasteiger partial charge in [-0.3, -0.25) is 0 Å². The van der Waals surface area contributed by atoms with E-state index < -0.39 is 0 Å². The SMILES string of the molecule is CCNCCc1nnc(-c2ccccc2C(C)(C)C)o1. The number of benzene rings is 1. The molecule has 2 rings (SSSR count). The first-order valence-electron chi connectivity index (χ1n) is 7.15. The maximum atomic E-state index is 5.79. The molecule has 0 unspecified atom stereocenters. The maximum Gasteiger partial charge on any atom is 0.248 e. The van der Waals surface area contributed by atoms with Gasteiger partial charge in [-0.15, -0.1) is 10.2 Å². The monoisotopic (exact) mass is 273 g/mol. The highest BCUT2D eigenvalue weighted by Gasteiger charge is 2.21. The van der Waals surface area contributed by atoms with Crippen molar-refractivity contribution >= 4 is 0 Å². The lowest BCUT2D eigenvalue weighted by atomic mass is 9.84. The highest BCUT2D eigenvalue weighted by atomic mass is 16.4. The third-order valence-electron chi connectivity index (χ3n) is 3.20. The second kappa shape index (κ2) is 6.18. The molecule has 108 valence electrons. The van der Waals surface area contributed by atoms with Gasteiger partial charge in [0.1, 0.15) is 0 Å². The van der Waals surface area contributed by atoms with Crippen LogP contribution in [0.25, 0.3) is 11.5 Å². The minimum atomic E-state index is 0.0506. The summed E-state index contributed by atoms with van der Waals surface area (Å²) >= 11 is 0. The molecule has 1 aromatic heterocycles. The summed E-state index contributed by atoms with van der Waals surface area (Å²) in [6, 6.07) is 8.22. The summed E-state index contributed by atoms with van der Waals surface area (Å²) in [6.07, 6.45) is 0.762. The third kappa shape index (κ3) is 3.45. The van der Waals surface area contributed by atoms with Crippen molar-refractivity contribution in [2.75, 3.05) is 13.1 Å². The fourth-order valence-corrected chi connectivity index (χ4v) is 2.16. The lowest BCUT2D eigenvalue weighted by Crippen LogP contribution is -2.16. The van der Waals surface area contributed by atoms with Gasteiger partial charge in [0, 0.05) is 18.5 Å². The Kier molecular flexibility index (Phi) is 4.55. The van der Waals surface area contributed by atoms with Crippen molar-refractivity contribution in [1.29, 1.82) is 0 Å². The van der Waals surface area contributed by atoms with Crippen molar-refractivity contribution in [2.45, 2.75) is 39.5 Å². The van der Waals surface area contributed by atoms with Crippen molar-refractivity contribution in [3.8, 4) is 11.5 Å². The van der Waals surface area contributed by atoms with Crippen LogP contribution >= 0.6 is 0 Å². The topological polar surface area (TPSA) is 51.0 Å². The van der Waals surface area contributed by atoms with Crippen molar-refractivity contribution in [3.05, 3.63) is 35.7 Å². The Morgan fingerprint density at radius 2 is 1.90 bits per heavy atom. The minimum absolute atomic E-state index is 0.0506. The lowest BCUT2D eigenvalue weighted by molar-refractivity contribution is 0.494. The molecule has 1 N–H and O–H groups in total. The van der Waals surface area contributed by atoms with Gasteiger partial charge in [0.2, 0.25) is 11.8 Å². The van der Waals surface area contributed by atoms with Crippen LogP contribution < -0.4 is 5.32 Å². The molecule has 0 aliphatic carbocycles. The Bertz CT molecular complexity index is 555. The summed E-state index contributed by atoms with van der Waals surface area (Å²) in [4.78, 5) is 0. The first-order chi connectivity index (χ1) is 9.52. The molecule has 0 aliphatic rings. The van der Waals surface area contributed by atoms with Crippen molar-refractivity contribution < 1.29 is 4.42 Å². The van der Waals surface area contributed by atoms with E-state index in [-0.39, 0.29) is 5.41 Å². The molecule has 1 heterocycles. The van der Waals surface area contributed by atoms with Crippen LogP contribution in [-0.2, 0) is 11.8 Å². The predicted octanol–water partition coefficient (Wildman–Crippen LogP) is 3.19. The zero-order valence-electron chi connectivity index (χ0n) is 12.7. The van der Waals surface area contributed by atoms with Gasteiger partial charge in [0.15, 0.2) is 0 Å². The number of rotatable bonds is 5. The standard InChI is InChI=1S/C16H23N3O/c1-5-17-11-10-14-18-19-15(20-14)12-8-6-7-9-13(12)16(2,3)4/h6-9,17H,5,10-11H2,1-4H3. The fraction of sp³-hybridized carbons (Fsp3) is 0.500. The number of hydrogen-bond acceptors (Lipinski definition) is 4. The largest absolute Gasteiger partial charge is 0.421 e. The predicted molar refractivity (Wildman–Crippen MR) is 80.7 cm³/mol. The van der Waals surface area contributed by atoms with Crippen molar-refractivity contribution in [3.63, 3.8) is 0 Å². The molecular formula is C16H23N3O. The molecular weight excluding hydrogens is 250 g/mol. The van der Waals surface area contributed by atoms with Gasteiger partial charge in [0.05, 0.1) is 0 Å². The molecule has 0 aliphatic heterocycles. The molecule has 20 heavy (non-hydrogen) atoms. The Morgan fingerprint density at radius 1 is 1.15 bits per heavy atom. The second-order valence-electron chi connectivity index (χ2n) is 5.90. The molecule has 0 saturated carbocycles. The molecule has 0 atom stereocenters. The summed E-state index contributed by atoms with van der Waals surface area (Å²) in [5, 5.41) is 11.6. The number of nitrogens with one attached hydrogen (secondary N) is 1. The van der Waals surface area contributed by atoms with E-state index in [9.17, 15) is 0 Å². The molecule has 4 heteroatoms. The summed E-state index contributed by atoms with van der Waals surface area (Å²) in [5.41, 5.74) is 2.30. The molecule has 0 radical (unpaired) electrons. The van der Waals surface area contributed by atoms with Gasteiger partial charge in [-0.2, -0.15) is 0 Å². The van der Waals surface area contributed by atoms with E-state index in [1.165, 1.54) is 5.56 Å². The van der Waals surface area contributed by atoms with E-state index >= 15 is 0 Å². The van der Waals surface area contributed by atoms with Crippen molar-refractivity contribution in [2.24, 2.45) is 0 Å². The Hall–Kier alpha value is -1.68. The number of hydrogen-bond donors (Lipinski definition) is 1. The summed E-state index contributed by atoms with van der Waals surface area (Å²) in [7, 11) is 0. The lowest BCUT2D eigenvalue weighted by Gasteiger charge is -2.21. The second-order valence-corrected chi connectivity index (χ2v) is 5.90. The summed E-state index contributed by atoms with van der Waals surface area (Å²) < 4.78 is 5.79. The Labute approximate surface area is 120 Å². The van der Waals surface area contributed by atoms with Crippen LogP contribution in [-0.4, -0.2) is 23.3 Å². The zero-order chi connectivity index (χ0) is 14.6. The highest BCUT2D eigenvalue weighted by Crippen LogP contribution is 2.31. The molecule has 0 amide bonds. The molecule has 0 fully saturated rings. The van der Waals surface area contributed by atoms with E-state index in [4.69, 9.17) is 4.42 Å². The van der Waals surface area contributed by atoms with E-state index in [1.807, 2.05) is 18.2 Å². The van der Waals surface area contributed by atoms with Crippen LogP contribution in [0.5, 0.6) is 0 Å². The quantitative estimate of drug-likeness (QED) is 0.850. The summed E-state index contributed by atoms with van der Waals surface area (Å²) in [6.45, 7) is 10.5. The van der Waals surface area contributed by atoms with Gasteiger partial charge in [-0.25, -0.2) is 0 Å². The zero-order valence-corrected chi connectivity index (χ0v) is 12.7. The van der Waals surface area contributed by atoms with Crippen LogP contribution in [0.15, 0.2) is 28.7 Å². The molecule has 0 saturated heterocycles. The van der Waals surface area contributed by atoms with Crippen LogP contribution in [0.2, 0.25) is 0 Å². The van der Waals surface area contributed by atoms with E-state index in [0.717, 1.165) is 25.1 Å². The highest BCUT2D eigenvalue weighted by molar-refractivity contribution is 5.60. The van der Waals surface area contributed by atoms with Crippen molar-refractivity contribution in [1.82, 2.24) is 15.5 Å². The molecule has 1 aromatic carbocycles. The van der Waals surface area contributed by atoms with Gasteiger partial charge in [0.25, 0.3) is 0 Å². The van der Waals surface area contributed by atoms with Crippen LogP contribution in [0.3, 0.4) is 0 Å². The molecule has 0 spiro atoms. The van der Waals surface area contributed by atoms with Gasteiger partial charge in [-0.1, -0.05) is 45.9 Å². The van der Waals surface area contributed by atoms with Crippen LogP contribution in [0, 0.1) is 0 Å². The summed E-state index contributed by atoms with van der Waals surface area (Å²) in [5.74, 6) is 1.30. The van der Waals surface area contributed by atoms with Gasteiger partial charge >= 0.3 is 0 Å². The Balaban J connectivity index is 2.24. The van der Waals surface area contributed by atoms with Crippen LogP contribution in [0.4, 0.5) is 0 Å². The van der Waals surface area contributed by atoms with E-state index in [2.05, 4.69) is 49.3 Å². The smallest absolute Gasteiger partial charge is 0.248 e. The maximum absolute atomic E-state index is 5.79. The van der Waals surface area contributed by atoms with E-state index in [0.29, 0.717) is 11.8 Å². The third-order valence-corrected chi connectivity index (χ3v) is 3.20. The minimum Gasteiger partial charge on any atom is -0.421 e. The van der Waals surface area contributed by atoms with Crippen LogP contribution in [0.1, 0.15) is 39.1 Å². The van der Waals surface area contributed by atoms with Gasteiger partial charge in [-0.05, 0) is 23.6 Å². The van der Waals surface area contributed by atoms with Gasteiger partial charge < -0.3 is 9.73 Å². The molecule has 0 bridgehead atoms. The normalized spacial score (nSPS) is 11.8. The first kappa shape index (κ1) is 14.7. The number of nitrogens with zero attached hydrogens (tertiary/aromatic N) is 2. The first-order valence-corrected chi connectivity index (χ1v) is 7.15. The van der Waals surface area contributed by atoms with E-state index in [1.54, 1.807) is 0 Å². The molecule has 2 aromatic rings. The number of aromatic nitrogens is 2. The number of likely N-dealkylation sites (N-methyl/N-ethyl adjacent to an activating group) is 1. The average molecular weight is 273 g/mol.